The number of rotatable bonds is 0. The topological polar surface area (TPSA) is 12.0 Å². The molecule has 0 radical (unpaired) electrons. The smallest absolute Gasteiger partial charge is 0.125 e. The average molecular weight is 177 g/mol. The van der Waals surface area contributed by atoms with Gasteiger partial charge in [0.1, 0.15) is 5.83 Å². The van der Waals surface area contributed by atoms with Crippen LogP contribution in [0, 0.1) is 0 Å². The van der Waals surface area contributed by atoms with E-state index in [0.717, 1.165) is 11.3 Å². The van der Waals surface area contributed by atoms with Gasteiger partial charge in [0, 0.05) is 11.3 Å². The molecule has 0 amide bonds. The number of fused-ring (bicyclic) bond motifs is 1. The van der Waals surface area contributed by atoms with E-state index in [1.165, 1.54) is 0 Å². The minimum atomic E-state index is -0.575. The maximum absolute atomic E-state index is 13.4. The van der Waals surface area contributed by atoms with Gasteiger partial charge in [-0.15, -0.1) is 0 Å². The van der Waals surface area contributed by atoms with Crippen molar-refractivity contribution in [1.29, 1.82) is 0 Å². The molecular formula is C11H12FN. The Balaban J connectivity index is 2.53. The Hall–Kier alpha value is -1.31. The molecule has 2 rings (SSSR count). The summed E-state index contributed by atoms with van der Waals surface area (Å²) in [7, 11) is 0. The lowest BCUT2D eigenvalue weighted by Gasteiger charge is -2.30. The molecule has 1 heterocycles. The van der Waals surface area contributed by atoms with Crippen LogP contribution in [0.15, 0.2) is 30.1 Å². The van der Waals surface area contributed by atoms with Crippen molar-refractivity contribution in [2.45, 2.75) is 19.4 Å². The van der Waals surface area contributed by atoms with Gasteiger partial charge in [0.2, 0.25) is 0 Å². The van der Waals surface area contributed by atoms with Crippen LogP contribution in [-0.4, -0.2) is 5.54 Å². The molecule has 0 atom stereocenters. The molecule has 2 heteroatoms. The van der Waals surface area contributed by atoms with Crippen LogP contribution < -0.4 is 5.32 Å². The number of benzene rings is 1. The summed E-state index contributed by atoms with van der Waals surface area (Å²) in [6.07, 6.45) is 1.59. The minimum Gasteiger partial charge on any atom is -0.373 e. The first-order chi connectivity index (χ1) is 6.09. The summed E-state index contributed by atoms with van der Waals surface area (Å²) in [4.78, 5) is 0. The van der Waals surface area contributed by atoms with Crippen LogP contribution in [0.2, 0.25) is 0 Å². The van der Waals surface area contributed by atoms with Gasteiger partial charge in [0.05, 0.1) is 5.54 Å². The van der Waals surface area contributed by atoms with Crippen molar-refractivity contribution in [3.05, 3.63) is 35.7 Å². The number of halogens is 1. The molecule has 13 heavy (non-hydrogen) atoms. The van der Waals surface area contributed by atoms with E-state index in [1.54, 1.807) is 6.08 Å². The summed E-state index contributed by atoms with van der Waals surface area (Å²) >= 11 is 0. The molecule has 0 saturated carbocycles. The second kappa shape index (κ2) is 2.59. The van der Waals surface area contributed by atoms with Crippen LogP contribution in [0.25, 0.3) is 6.08 Å². The SMILES string of the molecule is CC1(C)Nc2ccccc2C=C1F. The van der Waals surface area contributed by atoms with E-state index < -0.39 is 5.54 Å². The summed E-state index contributed by atoms with van der Waals surface area (Å²) in [6.45, 7) is 3.66. The maximum atomic E-state index is 13.4. The van der Waals surface area contributed by atoms with E-state index in [2.05, 4.69) is 5.32 Å². The average Bonchev–Trinajstić information content (AvgIpc) is 2.06. The largest absolute Gasteiger partial charge is 0.373 e. The Kier molecular flexibility index (Phi) is 1.65. The number of para-hydroxylation sites is 1. The summed E-state index contributed by atoms with van der Waals surface area (Å²) in [6, 6.07) is 7.71. The molecule has 68 valence electrons. The number of nitrogens with one attached hydrogen (secondary N) is 1. The summed E-state index contributed by atoms with van der Waals surface area (Å²) in [5, 5.41) is 3.14. The first kappa shape index (κ1) is 8.30. The Morgan fingerprint density at radius 3 is 2.69 bits per heavy atom. The number of anilines is 1. The molecule has 0 unspecified atom stereocenters. The molecule has 0 aliphatic carbocycles. The zero-order chi connectivity index (χ0) is 9.47. The van der Waals surface area contributed by atoms with E-state index in [-0.39, 0.29) is 5.83 Å². The first-order valence-corrected chi connectivity index (χ1v) is 4.34. The minimum absolute atomic E-state index is 0.119. The monoisotopic (exact) mass is 177 g/mol. The van der Waals surface area contributed by atoms with Crippen molar-refractivity contribution in [3.63, 3.8) is 0 Å². The predicted molar refractivity (Wildman–Crippen MR) is 53.2 cm³/mol. The van der Waals surface area contributed by atoms with Crippen molar-refractivity contribution < 1.29 is 4.39 Å². The molecule has 1 aromatic rings. The van der Waals surface area contributed by atoms with Crippen molar-refractivity contribution >= 4 is 11.8 Å². The highest BCUT2D eigenvalue weighted by molar-refractivity contribution is 5.73. The molecule has 0 aromatic heterocycles. The molecule has 1 aliphatic rings. The Morgan fingerprint density at radius 1 is 1.23 bits per heavy atom. The Labute approximate surface area is 77.3 Å². The molecule has 1 N–H and O–H groups in total. The van der Waals surface area contributed by atoms with Crippen molar-refractivity contribution in [2.75, 3.05) is 5.32 Å². The van der Waals surface area contributed by atoms with Gasteiger partial charge in [-0.2, -0.15) is 0 Å². The van der Waals surface area contributed by atoms with Crippen LogP contribution in [0.3, 0.4) is 0 Å². The highest BCUT2D eigenvalue weighted by atomic mass is 19.1. The zero-order valence-corrected chi connectivity index (χ0v) is 7.76. The third kappa shape index (κ3) is 1.32. The molecule has 0 saturated heterocycles. The lowest BCUT2D eigenvalue weighted by atomic mass is 9.95. The van der Waals surface area contributed by atoms with Gasteiger partial charge in [-0.3, -0.25) is 0 Å². The van der Waals surface area contributed by atoms with Crippen LogP contribution in [0.5, 0.6) is 0 Å². The standard InChI is InChI=1S/C11H12FN/c1-11(2)10(12)7-8-5-3-4-6-9(8)13-11/h3-7,13H,1-2H3. The number of hydrogen-bond donors (Lipinski definition) is 1. The summed E-state index contributed by atoms with van der Waals surface area (Å²) in [5.74, 6) is -0.119. The quantitative estimate of drug-likeness (QED) is 0.641. The molecule has 0 bridgehead atoms. The molecule has 0 fully saturated rings. The van der Waals surface area contributed by atoms with Crippen molar-refractivity contribution in [3.8, 4) is 0 Å². The lowest BCUT2D eigenvalue weighted by Crippen LogP contribution is -2.33. The van der Waals surface area contributed by atoms with Gasteiger partial charge < -0.3 is 5.32 Å². The van der Waals surface area contributed by atoms with Gasteiger partial charge in [-0.05, 0) is 26.0 Å². The van der Waals surface area contributed by atoms with E-state index in [1.807, 2.05) is 38.1 Å². The highest BCUT2D eigenvalue weighted by Gasteiger charge is 2.27. The van der Waals surface area contributed by atoms with Gasteiger partial charge in [0.15, 0.2) is 0 Å². The van der Waals surface area contributed by atoms with Crippen LogP contribution in [-0.2, 0) is 0 Å². The Bertz CT molecular complexity index is 366. The van der Waals surface area contributed by atoms with E-state index in [4.69, 9.17) is 0 Å². The lowest BCUT2D eigenvalue weighted by molar-refractivity contribution is 0.486. The molecule has 0 spiro atoms. The van der Waals surface area contributed by atoms with Crippen molar-refractivity contribution in [2.24, 2.45) is 0 Å². The van der Waals surface area contributed by atoms with Crippen molar-refractivity contribution in [1.82, 2.24) is 0 Å². The van der Waals surface area contributed by atoms with E-state index in [0.29, 0.717) is 0 Å². The highest BCUT2D eigenvalue weighted by Crippen LogP contribution is 2.33. The molecule has 1 nitrogen and oxygen atoms in total. The molecular weight excluding hydrogens is 165 g/mol. The fourth-order valence-corrected chi connectivity index (χ4v) is 1.45. The fourth-order valence-electron chi connectivity index (χ4n) is 1.45. The molecule has 1 aromatic carbocycles. The Morgan fingerprint density at radius 2 is 1.92 bits per heavy atom. The van der Waals surface area contributed by atoms with Crippen LogP contribution in [0.1, 0.15) is 19.4 Å². The van der Waals surface area contributed by atoms with E-state index in [9.17, 15) is 4.39 Å². The maximum Gasteiger partial charge on any atom is 0.125 e. The third-order valence-corrected chi connectivity index (χ3v) is 2.29. The third-order valence-electron chi connectivity index (χ3n) is 2.29. The second-order valence-electron chi connectivity index (χ2n) is 3.83. The van der Waals surface area contributed by atoms with Gasteiger partial charge in [-0.1, -0.05) is 18.2 Å². The normalized spacial score (nSPS) is 18.5. The van der Waals surface area contributed by atoms with Gasteiger partial charge >= 0.3 is 0 Å². The van der Waals surface area contributed by atoms with E-state index >= 15 is 0 Å². The summed E-state index contributed by atoms with van der Waals surface area (Å²) in [5.41, 5.74) is 1.34. The van der Waals surface area contributed by atoms with Gasteiger partial charge in [0.25, 0.3) is 0 Å². The van der Waals surface area contributed by atoms with Crippen LogP contribution in [0.4, 0.5) is 10.1 Å². The fraction of sp³-hybridized carbons (Fsp3) is 0.273. The number of hydrogen-bond acceptors (Lipinski definition) is 1. The molecule has 1 aliphatic heterocycles. The zero-order valence-electron chi connectivity index (χ0n) is 7.76. The predicted octanol–water partition coefficient (Wildman–Crippen LogP) is 3.20. The van der Waals surface area contributed by atoms with Crippen LogP contribution >= 0.6 is 0 Å². The van der Waals surface area contributed by atoms with Gasteiger partial charge in [-0.25, -0.2) is 4.39 Å². The summed E-state index contributed by atoms with van der Waals surface area (Å²) < 4.78 is 13.4. The second-order valence-corrected chi connectivity index (χ2v) is 3.83. The first-order valence-electron chi connectivity index (χ1n) is 4.34.